The summed E-state index contributed by atoms with van der Waals surface area (Å²) in [7, 11) is 3.08. The third-order valence-electron chi connectivity index (χ3n) is 5.75. The lowest BCUT2D eigenvalue weighted by molar-refractivity contribution is -0.138. The number of thioether (sulfide) groups is 1. The normalized spacial score (nSPS) is 16.4. The van der Waals surface area contributed by atoms with Gasteiger partial charge in [0, 0.05) is 11.4 Å². The second-order valence-corrected chi connectivity index (χ2v) is 8.96. The molecule has 0 bridgehead atoms. The summed E-state index contributed by atoms with van der Waals surface area (Å²) in [6.45, 7) is 5.41. The van der Waals surface area contributed by atoms with Crippen LogP contribution >= 0.6 is 11.8 Å². The Kier molecular flexibility index (Phi) is 7.98. The summed E-state index contributed by atoms with van der Waals surface area (Å²) in [5, 5.41) is 5.24. The van der Waals surface area contributed by atoms with E-state index in [0.29, 0.717) is 39.3 Å². The Labute approximate surface area is 218 Å². The minimum absolute atomic E-state index is 0.00121. The number of nitrogens with one attached hydrogen (secondary N) is 1. The van der Waals surface area contributed by atoms with Crippen LogP contribution in [0.3, 0.4) is 0 Å². The highest BCUT2D eigenvalue weighted by atomic mass is 32.2. The maximum Gasteiger partial charge on any atom is 0.338 e. The van der Waals surface area contributed by atoms with Gasteiger partial charge in [0.1, 0.15) is 12.4 Å². The number of allylic oxidation sites excluding steroid dienone is 1. The molecule has 1 atom stereocenters. The molecule has 0 fully saturated rings. The zero-order valence-electron chi connectivity index (χ0n) is 20.6. The van der Waals surface area contributed by atoms with Crippen molar-refractivity contribution in [2.45, 2.75) is 19.4 Å². The van der Waals surface area contributed by atoms with Crippen molar-refractivity contribution in [3.63, 3.8) is 0 Å². The molecule has 0 aliphatic carbocycles. The lowest BCUT2D eigenvalue weighted by Gasteiger charge is -2.36. The van der Waals surface area contributed by atoms with Gasteiger partial charge in [0.2, 0.25) is 5.91 Å². The number of halogens is 1. The zero-order valence-corrected chi connectivity index (χ0v) is 21.4. The van der Waals surface area contributed by atoms with Gasteiger partial charge >= 0.3 is 5.97 Å². The van der Waals surface area contributed by atoms with Crippen molar-refractivity contribution in [2.75, 3.05) is 26.1 Å². The van der Waals surface area contributed by atoms with Crippen molar-refractivity contribution in [3.05, 3.63) is 88.9 Å². The van der Waals surface area contributed by atoms with Gasteiger partial charge in [-0.3, -0.25) is 4.79 Å². The second-order valence-electron chi connectivity index (χ2n) is 8.13. The maximum absolute atomic E-state index is 13.2. The van der Waals surface area contributed by atoms with E-state index in [1.807, 2.05) is 16.4 Å². The number of carbonyl (C=O) groups excluding carboxylic acids is 2. The van der Waals surface area contributed by atoms with Crippen molar-refractivity contribution in [2.24, 2.45) is 4.99 Å². The third kappa shape index (κ3) is 5.54. The number of hydrogen-bond donors (Lipinski definition) is 1. The van der Waals surface area contributed by atoms with Crippen LogP contribution in [0.5, 0.6) is 11.5 Å². The first-order valence-corrected chi connectivity index (χ1v) is 12.2. The highest BCUT2D eigenvalue weighted by Gasteiger charge is 2.41. The van der Waals surface area contributed by atoms with Gasteiger partial charge in [-0.15, -0.1) is 0 Å². The minimum Gasteiger partial charge on any atom is -0.493 e. The van der Waals surface area contributed by atoms with E-state index >= 15 is 0 Å². The minimum atomic E-state index is -0.635. The molecule has 10 heteroatoms. The Morgan fingerprint density at radius 1 is 1.16 bits per heavy atom. The van der Waals surface area contributed by atoms with E-state index in [2.05, 4.69) is 16.9 Å². The van der Waals surface area contributed by atoms with Gasteiger partial charge in [0.25, 0.3) is 0 Å². The molecule has 8 nitrogen and oxygen atoms in total. The van der Waals surface area contributed by atoms with E-state index < -0.39 is 17.8 Å². The van der Waals surface area contributed by atoms with Crippen LogP contribution in [0.15, 0.2) is 82.5 Å². The fourth-order valence-corrected chi connectivity index (χ4v) is 5.05. The lowest BCUT2D eigenvalue weighted by atomic mass is 9.93. The molecule has 0 aromatic heterocycles. The molecule has 0 saturated carbocycles. The van der Waals surface area contributed by atoms with Gasteiger partial charge in [-0.2, -0.15) is 0 Å². The highest BCUT2D eigenvalue weighted by Crippen LogP contribution is 2.46. The first kappa shape index (κ1) is 26.0. The molecule has 1 amide bonds. The molecule has 37 heavy (non-hydrogen) atoms. The summed E-state index contributed by atoms with van der Waals surface area (Å²) < 4.78 is 29.5. The molecule has 2 aromatic rings. The SMILES string of the molecule is C=CCOC(=O)C1=C(C)N=C2SC=C(CC(=O)Nc3ccc(F)cc3)N2[C@@H]1c1ccc(OC)c(OC)c1. The topological polar surface area (TPSA) is 89.5 Å². The first-order valence-electron chi connectivity index (χ1n) is 11.4. The van der Waals surface area contributed by atoms with E-state index in [0.717, 1.165) is 5.56 Å². The number of esters is 1. The average Bonchev–Trinajstić information content (AvgIpc) is 3.28. The predicted molar refractivity (Wildman–Crippen MR) is 141 cm³/mol. The standard InChI is InChI=1S/C27H26FN3O5S/c1-5-12-36-26(33)24-16(2)29-27-31(25(24)17-6-11-21(34-3)22(13-17)35-4)20(15-37-27)14-23(32)30-19-9-7-18(28)8-10-19/h5-11,13,15,25H,1,12,14H2,2-4H3,(H,30,32)/t25-/m1/s1. The largest absolute Gasteiger partial charge is 0.493 e. The first-order chi connectivity index (χ1) is 17.9. The average molecular weight is 524 g/mol. The molecule has 0 radical (unpaired) electrons. The number of amidine groups is 1. The summed E-state index contributed by atoms with van der Waals surface area (Å²) in [4.78, 5) is 32.6. The highest BCUT2D eigenvalue weighted by molar-refractivity contribution is 8.16. The van der Waals surface area contributed by atoms with Gasteiger partial charge in [-0.25, -0.2) is 14.2 Å². The number of fused-ring (bicyclic) bond motifs is 1. The lowest BCUT2D eigenvalue weighted by Crippen LogP contribution is -2.37. The van der Waals surface area contributed by atoms with Crippen molar-refractivity contribution in [1.29, 1.82) is 0 Å². The van der Waals surface area contributed by atoms with E-state index in [4.69, 9.17) is 14.2 Å². The molecular weight excluding hydrogens is 497 g/mol. The molecule has 2 heterocycles. The Morgan fingerprint density at radius 2 is 1.89 bits per heavy atom. The van der Waals surface area contributed by atoms with E-state index in [9.17, 15) is 14.0 Å². The van der Waals surface area contributed by atoms with E-state index in [1.165, 1.54) is 49.2 Å². The smallest absolute Gasteiger partial charge is 0.338 e. The number of methoxy groups -OCH3 is 2. The molecule has 2 aliphatic heterocycles. The van der Waals surface area contributed by atoms with Crippen molar-refractivity contribution in [3.8, 4) is 11.5 Å². The summed E-state index contributed by atoms with van der Waals surface area (Å²) in [6.07, 6.45) is 1.49. The Balaban J connectivity index is 1.70. The van der Waals surface area contributed by atoms with Crippen molar-refractivity contribution < 1.29 is 28.2 Å². The van der Waals surface area contributed by atoms with Gasteiger partial charge in [0.15, 0.2) is 16.7 Å². The Hall–Kier alpha value is -4.05. The van der Waals surface area contributed by atoms with Gasteiger partial charge < -0.3 is 24.4 Å². The molecule has 1 N–H and O–H groups in total. The zero-order chi connectivity index (χ0) is 26.5. The van der Waals surface area contributed by atoms with Crippen LogP contribution in [0, 0.1) is 5.82 Å². The third-order valence-corrected chi connectivity index (χ3v) is 6.63. The second kappa shape index (κ2) is 11.3. The summed E-state index contributed by atoms with van der Waals surface area (Å²) in [5.74, 6) is -0.192. The Bertz CT molecular complexity index is 1320. The molecule has 0 spiro atoms. The van der Waals surface area contributed by atoms with Crippen LogP contribution in [0.25, 0.3) is 0 Å². The monoisotopic (exact) mass is 523 g/mol. The van der Waals surface area contributed by atoms with Crippen LogP contribution in [0.4, 0.5) is 10.1 Å². The molecule has 0 unspecified atom stereocenters. The number of anilines is 1. The van der Waals surface area contributed by atoms with E-state index in [1.54, 1.807) is 26.2 Å². The number of carbonyl (C=O) groups is 2. The number of benzene rings is 2. The quantitative estimate of drug-likeness (QED) is 0.358. The number of nitrogens with zero attached hydrogens (tertiary/aromatic N) is 2. The molecule has 192 valence electrons. The predicted octanol–water partition coefficient (Wildman–Crippen LogP) is 5.18. The molecular formula is C27H26FN3O5S. The fraction of sp³-hybridized carbons (Fsp3) is 0.222. The molecule has 0 saturated heterocycles. The molecule has 4 rings (SSSR count). The molecule has 2 aromatic carbocycles. The van der Waals surface area contributed by atoms with Crippen LogP contribution in [-0.2, 0) is 14.3 Å². The van der Waals surface area contributed by atoms with Crippen molar-refractivity contribution in [1.82, 2.24) is 4.90 Å². The summed E-state index contributed by atoms with van der Waals surface area (Å²) >= 11 is 1.36. The fourth-order valence-electron chi connectivity index (χ4n) is 4.08. The summed E-state index contributed by atoms with van der Waals surface area (Å²) in [6, 6.07) is 10.3. The molecule has 2 aliphatic rings. The number of rotatable bonds is 9. The van der Waals surface area contributed by atoms with Gasteiger partial charge in [-0.05, 0) is 54.3 Å². The number of amides is 1. The maximum atomic E-state index is 13.2. The van der Waals surface area contributed by atoms with Crippen LogP contribution < -0.4 is 14.8 Å². The van der Waals surface area contributed by atoms with Crippen LogP contribution in [0.2, 0.25) is 0 Å². The number of ether oxygens (including phenoxy) is 3. The van der Waals surface area contributed by atoms with E-state index in [-0.39, 0.29) is 18.9 Å². The Morgan fingerprint density at radius 3 is 2.57 bits per heavy atom. The van der Waals surface area contributed by atoms with Crippen molar-refractivity contribution >= 4 is 34.5 Å². The number of hydrogen-bond acceptors (Lipinski definition) is 8. The van der Waals surface area contributed by atoms with Gasteiger partial charge in [-0.1, -0.05) is 30.5 Å². The van der Waals surface area contributed by atoms with Gasteiger partial charge in [0.05, 0.1) is 38.0 Å². The number of aliphatic imine (C=N–C) groups is 1. The van der Waals surface area contributed by atoms with Crippen LogP contribution in [-0.4, -0.2) is 42.8 Å². The summed E-state index contributed by atoms with van der Waals surface area (Å²) in [5.41, 5.74) is 2.70. The van der Waals surface area contributed by atoms with Crippen LogP contribution in [0.1, 0.15) is 24.9 Å².